The molecule has 1 aliphatic rings. The van der Waals surface area contributed by atoms with Crippen molar-refractivity contribution in [1.82, 2.24) is 0 Å². The van der Waals surface area contributed by atoms with E-state index in [1.165, 1.54) is 0 Å². The number of fused-ring (bicyclic) bond motifs is 1. The van der Waals surface area contributed by atoms with Crippen molar-refractivity contribution in [1.29, 1.82) is 0 Å². The summed E-state index contributed by atoms with van der Waals surface area (Å²) in [5.74, 6) is 1.73. The van der Waals surface area contributed by atoms with Gasteiger partial charge in [-0.2, -0.15) is 0 Å². The summed E-state index contributed by atoms with van der Waals surface area (Å²) in [6.45, 7) is 0. The van der Waals surface area contributed by atoms with E-state index >= 15 is 0 Å². The third kappa shape index (κ3) is 1.34. The van der Waals surface area contributed by atoms with E-state index in [9.17, 15) is 4.79 Å². The summed E-state index contributed by atoms with van der Waals surface area (Å²) in [7, 11) is 0. The Morgan fingerprint density at radius 3 is 2.93 bits per heavy atom. The first-order valence-corrected chi connectivity index (χ1v) is 3.98. The van der Waals surface area contributed by atoms with E-state index in [-0.39, 0.29) is 5.57 Å². The van der Waals surface area contributed by atoms with Crippen LogP contribution in [0.5, 0.6) is 0 Å². The average molecular weight is 186 g/mol. The zero-order valence-electron chi connectivity index (χ0n) is 7.14. The van der Waals surface area contributed by atoms with Gasteiger partial charge in [0.1, 0.15) is 5.57 Å². The summed E-state index contributed by atoms with van der Waals surface area (Å²) in [4.78, 5) is 15.1. The molecule has 0 unspecified atom stereocenters. The zero-order chi connectivity index (χ0) is 9.97. The van der Waals surface area contributed by atoms with Crippen molar-refractivity contribution >= 4 is 17.9 Å². The van der Waals surface area contributed by atoms with Gasteiger partial charge in [0.25, 0.3) is 5.91 Å². The molecule has 0 bridgehead atoms. The van der Waals surface area contributed by atoms with Crippen LogP contribution in [0.15, 0.2) is 40.0 Å². The maximum absolute atomic E-state index is 11.3. The van der Waals surface area contributed by atoms with Crippen molar-refractivity contribution in [2.75, 3.05) is 0 Å². The Morgan fingerprint density at radius 2 is 2.14 bits per heavy atom. The van der Waals surface area contributed by atoms with E-state index in [1.807, 2.05) is 12.1 Å². The molecule has 0 saturated carbocycles. The van der Waals surface area contributed by atoms with Gasteiger partial charge in [-0.25, -0.2) is 4.99 Å². The van der Waals surface area contributed by atoms with Crippen LogP contribution in [0.1, 0.15) is 0 Å². The second kappa shape index (κ2) is 3.28. The maximum Gasteiger partial charge on any atom is 0.287 e. The molecule has 4 heteroatoms. The Bertz CT molecular complexity index is 566. The molecule has 4 nitrogen and oxygen atoms in total. The SMILES string of the molecule is O=C1N=c2ccccc2=CC1=C=NO. The van der Waals surface area contributed by atoms with Gasteiger partial charge < -0.3 is 5.21 Å². The first-order valence-electron chi connectivity index (χ1n) is 3.98. The standard InChI is InChI=1S/C10H6N2O2/c13-10-8(6-11-14)5-7-3-1-2-4-9(7)12-10/h1-5,14H. The summed E-state index contributed by atoms with van der Waals surface area (Å²) >= 11 is 0. The molecule has 1 aliphatic heterocycles. The molecule has 68 valence electrons. The highest BCUT2D eigenvalue weighted by Crippen LogP contribution is 1.96. The highest BCUT2D eigenvalue weighted by atomic mass is 16.4. The predicted molar refractivity (Wildman–Crippen MR) is 49.4 cm³/mol. The summed E-state index contributed by atoms with van der Waals surface area (Å²) in [6, 6.07) is 7.22. The molecule has 1 aromatic rings. The molecule has 0 aromatic heterocycles. The van der Waals surface area contributed by atoms with Crippen molar-refractivity contribution in [2.24, 2.45) is 10.1 Å². The van der Waals surface area contributed by atoms with Crippen LogP contribution >= 0.6 is 0 Å². The number of benzene rings is 1. The number of amides is 1. The van der Waals surface area contributed by atoms with Gasteiger partial charge >= 0.3 is 0 Å². The van der Waals surface area contributed by atoms with Crippen molar-refractivity contribution in [3.8, 4) is 0 Å². The molecule has 1 N–H and O–H groups in total. The van der Waals surface area contributed by atoms with Gasteiger partial charge in [0.05, 0.1) is 5.36 Å². The second-order valence-electron chi connectivity index (χ2n) is 2.75. The van der Waals surface area contributed by atoms with Gasteiger partial charge in [0.2, 0.25) is 0 Å². The lowest BCUT2D eigenvalue weighted by atomic mass is 10.1. The van der Waals surface area contributed by atoms with Crippen LogP contribution < -0.4 is 10.6 Å². The monoisotopic (exact) mass is 186 g/mol. The Labute approximate surface area is 79.2 Å². The highest BCUT2D eigenvalue weighted by Gasteiger charge is 2.09. The molecule has 0 fully saturated rings. The number of carbonyl (C=O) groups is 1. The number of para-hydroxylation sites is 1. The zero-order valence-corrected chi connectivity index (χ0v) is 7.14. The fraction of sp³-hybridized carbons (Fsp3) is 0. The largest absolute Gasteiger partial charge is 0.404 e. The number of hydrogen-bond donors (Lipinski definition) is 1. The molecule has 0 saturated heterocycles. The van der Waals surface area contributed by atoms with Crippen molar-refractivity contribution in [3.63, 3.8) is 0 Å². The van der Waals surface area contributed by atoms with E-state index in [0.29, 0.717) is 5.36 Å². The third-order valence-corrected chi connectivity index (χ3v) is 1.86. The van der Waals surface area contributed by atoms with Crippen LogP contribution in [0.25, 0.3) is 6.08 Å². The molecule has 0 aliphatic carbocycles. The first-order chi connectivity index (χ1) is 6.81. The topological polar surface area (TPSA) is 62.0 Å². The lowest BCUT2D eigenvalue weighted by Gasteiger charge is -1.98. The minimum atomic E-state index is -0.443. The molecule has 1 heterocycles. The summed E-state index contributed by atoms with van der Waals surface area (Å²) in [5.41, 5.74) is 0.159. The van der Waals surface area contributed by atoms with Crippen LogP contribution in [-0.2, 0) is 4.79 Å². The summed E-state index contributed by atoms with van der Waals surface area (Å²) in [5, 5.41) is 12.4. The quantitative estimate of drug-likeness (QED) is 0.259. The van der Waals surface area contributed by atoms with Crippen molar-refractivity contribution < 1.29 is 10.0 Å². The van der Waals surface area contributed by atoms with E-state index in [0.717, 1.165) is 5.22 Å². The molecule has 1 amide bonds. The van der Waals surface area contributed by atoms with Crippen molar-refractivity contribution in [2.45, 2.75) is 0 Å². The highest BCUT2D eigenvalue weighted by molar-refractivity contribution is 6.10. The Hall–Kier alpha value is -2.19. The molecule has 2 rings (SSSR count). The first kappa shape index (κ1) is 8.41. The van der Waals surface area contributed by atoms with Gasteiger partial charge in [-0.1, -0.05) is 18.2 Å². The Morgan fingerprint density at radius 1 is 1.36 bits per heavy atom. The maximum atomic E-state index is 11.3. The van der Waals surface area contributed by atoms with Crippen molar-refractivity contribution in [3.05, 3.63) is 40.4 Å². The normalized spacial score (nSPS) is 13.4. The number of carbonyl (C=O) groups excluding carboxylic acids is 1. The predicted octanol–water partition coefficient (Wildman–Crippen LogP) is -0.388. The molecule has 0 radical (unpaired) electrons. The van der Waals surface area contributed by atoms with Crippen LogP contribution in [0.4, 0.5) is 0 Å². The molecule has 14 heavy (non-hydrogen) atoms. The fourth-order valence-electron chi connectivity index (χ4n) is 1.23. The van der Waals surface area contributed by atoms with Crippen LogP contribution in [0.3, 0.4) is 0 Å². The van der Waals surface area contributed by atoms with Crippen LogP contribution in [0, 0.1) is 0 Å². The van der Waals surface area contributed by atoms with E-state index in [1.54, 1.807) is 18.2 Å². The third-order valence-electron chi connectivity index (χ3n) is 1.86. The van der Waals surface area contributed by atoms with E-state index < -0.39 is 5.91 Å². The van der Waals surface area contributed by atoms with Gasteiger partial charge in [-0.05, 0) is 17.3 Å². The van der Waals surface area contributed by atoms with Crippen LogP contribution in [-0.4, -0.2) is 17.0 Å². The molecular weight excluding hydrogens is 180 g/mol. The second-order valence-corrected chi connectivity index (χ2v) is 2.75. The lowest BCUT2D eigenvalue weighted by Crippen LogP contribution is -2.30. The summed E-state index contributed by atoms with van der Waals surface area (Å²) in [6.07, 6.45) is 1.59. The molecule has 0 atom stereocenters. The van der Waals surface area contributed by atoms with Crippen LogP contribution in [0.2, 0.25) is 0 Å². The number of nitrogens with zero attached hydrogens (tertiary/aromatic N) is 2. The number of hydrogen-bond acceptors (Lipinski definition) is 3. The minimum Gasteiger partial charge on any atom is -0.404 e. The fourth-order valence-corrected chi connectivity index (χ4v) is 1.23. The summed E-state index contributed by atoms with van der Waals surface area (Å²) < 4.78 is 0. The molecule has 1 aromatic carbocycles. The average Bonchev–Trinajstić information content (AvgIpc) is 2.19. The number of rotatable bonds is 0. The van der Waals surface area contributed by atoms with E-state index in [2.05, 4.69) is 16.0 Å². The minimum absolute atomic E-state index is 0.159. The molecular formula is C10H6N2O2. The van der Waals surface area contributed by atoms with E-state index in [4.69, 9.17) is 5.21 Å². The molecule has 0 spiro atoms. The smallest absolute Gasteiger partial charge is 0.287 e. The lowest BCUT2D eigenvalue weighted by molar-refractivity contribution is -0.114. The van der Waals surface area contributed by atoms with Gasteiger partial charge in [-0.3, -0.25) is 4.79 Å². The Balaban J connectivity index is 2.80. The Kier molecular flexibility index (Phi) is 1.97. The van der Waals surface area contributed by atoms with Gasteiger partial charge in [-0.15, -0.1) is 0 Å². The van der Waals surface area contributed by atoms with Gasteiger partial charge in [0.15, 0.2) is 0 Å². The van der Waals surface area contributed by atoms with Gasteiger partial charge in [0, 0.05) is 11.1 Å².